The van der Waals surface area contributed by atoms with Crippen molar-refractivity contribution in [3.63, 3.8) is 0 Å². The van der Waals surface area contributed by atoms with E-state index in [0.717, 1.165) is 17.0 Å². The number of anilines is 1. The van der Waals surface area contributed by atoms with Crippen molar-refractivity contribution in [3.05, 3.63) is 51.1 Å². The van der Waals surface area contributed by atoms with Crippen LogP contribution < -0.4 is 10.1 Å². The van der Waals surface area contributed by atoms with Crippen LogP contribution in [0.1, 0.15) is 11.4 Å². The van der Waals surface area contributed by atoms with Gasteiger partial charge in [-0.15, -0.1) is 11.3 Å². The molecule has 0 saturated carbocycles. The fourth-order valence-corrected chi connectivity index (χ4v) is 3.36. The lowest BCUT2D eigenvalue weighted by Gasteiger charge is -2.04. The molecule has 0 bridgehead atoms. The van der Waals surface area contributed by atoms with E-state index in [0.29, 0.717) is 10.8 Å². The summed E-state index contributed by atoms with van der Waals surface area (Å²) in [5.41, 5.74) is 2.19. The lowest BCUT2D eigenvalue weighted by atomic mass is 10.2. The number of hydrogen-bond acceptors (Lipinski definition) is 7. The number of aromatic nitrogens is 3. The summed E-state index contributed by atoms with van der Waals surface area (Å²) in [6.45, 7) is 2.98. The molecule has 0 atom stereocenters. The molecule has 0 saturated heterocycles. The summed E-state index contributed by atoms with van der Waals surface area (Å²) in [6.07, 6.45) is 0. The van der Waals surface area contributed by atoms with Gasteiger partial charge in [-0.1, -0.05) is 0 Å². The number of thiazole rings is 1. The Kier molecular flexibility index (Phi) is 5.17. The summed E-state index contributed by atoms with van der Waals surface area (Å²) in [4.78, 5) is 27.2. The van der Waals surface area contributed by atoms with Crippen molar-refractivity contribution < 1.29 is 14.5 Å². The van der Waals surface area contributed by atoms with E-state index in [2.05, 4.69) is 15.4 Å². The van der Waals surface area contributed by atoms with Gasteiger partial charge in [-0.25, -0.2) is 4.98 Å². The molecule has 0 spiro atoms. The Morgan fingerprint density at radius 1 is 1.33 bits per heavy atom. The second kappa shape index (κ2) is 7.54. The minimum atomic E-state index is -0.492. The minimum absolute atomic E-state index is 0.0705. The first-order chi connectivity index (χ1) is 12.9. The van der Waals surface area contributed by atoms with E-state index < -0.39 is 4.92 Å². The summed E-state index contributed by atoms with van der Waals surface area (Å²) >= 11 is 1.30. The standard InChI is InChI=1S/C17H17N5O4S/c1-10-16(22(24)25)11(2)21(20-10)8-15(23)19-17-18-14(9-27-17)12-4-6-13(26-3)7-5-12/h4-7,9H,8H2,1-3H3,(H,18,19,23). The average molecular weight is 387 g/mol. The van der Waals surface area contributed by atoms with Crippen LogP contribution in [0, 0.1) is 24.0 Å². The Morgan fingerprint density at radius 2 is 2.04 bits per heavy atom. The first kappa shape index (κ1) is 18.5. The predicted octanol–water partition coefficient (Wildman–Crippen LogP) is 3.18. The van der Waals surface area contributed by atoms with Crippen molar-refractivity contribution in [2.45, 2.75) is 20.4 Å². The summed E-state index contributed by atoms with van der Waals surface area (Å²) in [7, 11) is 1.60. The zero-order valence-corrected chi connectivity index (χ0v) is 15.7. The van der Waals surface area contributed by atoms with Crippen LogP contribution in [-0.2, 0) is 11.3 Å². The van der Waals surface area contributed by atoms with Crippen LogP contribution in [0.2, 0.25) is 0 Å². The maximum atomic E-state index is 12.3. The number of nitrogens with one attached hydrogen (secondary N) is 1. The molecule has 10 heteroatoms. The summed E-state index contributed by atoms with van der Waals surface area (Å²) in [5.74, 6) is 0.396. The topological polar surface area (TPSA) is 112 Å². The molecule has 0 fully saturated rings. The van der Waals surface area contributed by atoms with Crippen molar-refractivity contribution in [3.8, 4) is 17.0 Å². The normalized spacial score (nSPS) is 10.6. The van der Waals surface area contributed by atoms with Gasteiger partial charge >= 0.3 is 5.69 Å². The highest BCUT2D eigenvalue weighted by Gasteiger charge is 2.23. The molecule has 1 N–H and O–H groups in total. The third kappa shape index (κ3) is 3.95. The molecular weight excluding hydrogens is 370 g/mol. The van der Waals surface area contributed by atoms with Crippen LogP contribution in [-0.4, -0.2) is 32.7 Å². The van der Waals surface area contributed by atoms with Crippen LogP contribution in [0.15, 0.2) is 29.6 Å². The number of carbonyl (C=O) groups is 1. The number of methoxy groups -OCH3 is 1. The van der Waals surface area contributed by atoms with Crippen molar-refractivity contribution in [1.29, 1.82) is 0 Å². The summed E-state index contributed by atoms with van der Waals surface area (Å²) in [6, 6.07) is 7.44. The van der Waals surface area contributed by atoms with Gasteiger partial charge in [0.25, 0.3) is 0 Å². The van der Waals surface area contributed by atoms with Gasteiger partial charge in [-0.05, 0) is 38.1 Å². The van der Waals surface area contributed by atoms with E-state index in [1.165, 1.54) is 16.0 Å². The second-order valence-electron chi connectivity index (χ2n) is 5.75. The Bertz CT molecular complexity index is 993. The molecule has 0 aliphatic carbocycles. The lowest BCUT2D eigenvalue weighted by molar-refractivity contribution is -0.386. The highest BCUT2D eigenvalue weighted by molar-refractivity contribution is 7.14. The zero-order valence-electron chi connectivity index (χ0n) is 14.9. The zero-order chi connectivity index (χ0) is 19.6. The van der Waals surface area contributed by atoms with Gasteiger partial charge in [0.15, 0.2) is 5.13 Å². The number of nitro groups is 1. The number of aryl methyl sites for hydroxylation is 1. The van der Waals surface area contributed by atoms with E-state index in [-0.39, 0.29) is 23.8 Å². The smallest absolute Gasteiger partial charge is 0.312 e. The fraction of sp³-hybridized carbons (Fsp3) is 0.235. The SMILES string of the molecule is COc1ccc(-c2csc(NC(=O)Cn3nc(C)c([N+](=O)[O-])c3C)n2)cc1. The van der Waals surface area contributed by atoms with E-state index >= 15 is 0 Å². The van der Waals surface area contributed by atoms with Gasteiger partial charge in [0.2, 0.25) is 5.91 Å². The first-order valence-corrected chi connectivity index (χ1v) is 8.85. The van der Waals surface area contributed by atoms with E-state index in [4.69, 9.17) is 4.74 Å². The first-order valence-electron chi connectivity index (χ1n) is 7.97. The highest BCUT2D eigenvalue weighted by atomic mass is 32.1. The summed E-state index contributed by atoms with van der Waals surface area (Å²) in [5, 5.41) is 20.1. The van der Waals surface area contributed by atoms with Gasteiger partial charge in [0.05, 0.1) is 17.7 Å². The molecule has 0 aliphatic heterocycles. The van der Waals surface area contributed by atoms with Gasteiger partial charge in [-0.3, -0.25) is 19.6 Å². The number of hydrogen-bond donors (Lipinski definition) is 1. The Morgan fingerprint density at radius 3 is 2.63 bits per heavy atom. The Labute approximate surface area is 158 Å². The van der Waals surface area contributed by atoms with Crippen LogP contribution >= 0.6 is 11.3 Å². The number of rotatable bonds is 6. The number of benzene rings is 1. The molecular formula is C17H17N5O4S. The molecule has 2 heterocycles. The maximum Gasteiger partial charge on any atom is 0.312 e. The quantitative estimate of drug-likeness (QED) is 0.513. The monoisotopic (exact) mass is 387 g/mol. The third-order valence-corrected chi connectivity index (χ3v) is 4.71. The molecule has 140 valence electrons. The van der Waals surface area contributed by atoms with Gasteiger partial charge in [-0.2, -0.15) is 5.10 Å². The van der Waals surface area contributed by atoms with Crippen molar-refractivity contribution in [2.75, 3.05) is 12.4 Å². The average Bonchev–Trinajstić information content (AvgIpc) is 3.19. The summed E-state index contributed by atoms with van der Waals surface area (Å²) < 4.78 is 6.45. The fourth-order valence-electron chi connectivity index (χ4n) is 2.63. The van der Waals surface area contributed by atoms with E-state index in [1.54, 1.807) is 21.0 Å². The highest BCUT2D eigenvalue weighted by Crippen LogP contribution is 2.27. The van der Waals surface area contributed by atoms with Crippen LogP contribution in [0.25, 0.3) is 11.3 Å². The van der Waals surface area contributed by atoms with Crippen LogP contribution in [0.3, 0.4) is 0 Å². The number of amides is 1. The second-order valence-corrected chi connectivity index (χ2v) is 6.61. The molecule has 1 aromatic carbocycles. The predicted molar refractivity (Wildman–Crippen MR) is 101 cm³/mol. The molecule has 0 radical (unpaired) electrons. The minimum Gasteiger partial charge on any atom is -0.497 e. The molecule has 0 aliphatic rings. The van der Waals surface area contributed by atoms with Crippen molar-refractivity contribution >= 4 is 28.1 Å². The van der Waals surface area contributed by atoms with Crippen LogP contribution in [0.4, 0.5) is 10.8 Å². The Balaban J connectivity index is 1.69. The number of ether oxygens (including phenoxy) is 1. The molecule has 9 nitrogen and oxygen atoms in total. The van der Waals surface area contributed by atoms with Gasteiger partial charge in [0.1, 0.15) is 23.7 Å². The van der Waals surface area contributed by atoms with Crippen LogP contribution in [0.5, 0.6) is 5.75 Å². The molecule has 3 aromatic rings. The molecule has 27 heavy (non-hydrogen) atoms. The third-order valence-electron chi connectivity index (χ3n) is 3.96. The molecule has 1 amide bonds. The molecule has 2 aromatic heterocycles. The van der Waals surface area contributed by atoms with Gasteiger partial charge in [0, 0.05) is 10.9 Å². The molecule has 3 rings (SSSR count). The maximum absolute atomic E-state index is 12.3. The van der Waals surface area contributed by atoms with Gasteiger partial charge < -0.3 is 10.1 Å². The van der Waals surface area contributed by atoms with E-state index in [9.17, 15) is 14.9 Å². The number of carbonyl (C=O) groups excluding carboxylic acids is 1. The van der Waals surface area contributed by atoms with E-state index in [1.807, 2.05) is 29.6 Å². The van der Waals surface area contributed by atoms with Crippen molar-refractivity contribution in [2.24, 2.45) is 0 Å². The number of nitrogens with zero attached hydrogens (tertiary/aromatic N) is 4. The Hall–Kier alpha value is -3.27. The lowest BCUT2D eigenvalue weighted by Crippen LogP contribution is -2.20. The van der Waals surface area contributed by atoms with Crippen molar-refractivity contribution in [1.82, 2.24) is 14.8 Å². The largest absolute Gasteiger partial charge is 0.497 e. The molecule has 0 unspecified atom stereocenters.